The molecule has 0 aliphatic heterocycles. The second kappa shape index (κ2) is 3.76. The maximum absolute atomic E-state index is 11.5. The molecule has 0 aliphatic carbocycles. The zero-order valence-corrected chi connectivity index (χ0v) is 8.60. The van der Waals surface area contributed by atoms with Gasteiger partial charge < -0.3 is 4.42 Å². The fraction of sp³-hybridized carbons (Fsp3) is 0.400. The second-order valence-electron chi connectivity index (χ2n) is 3.75. The Morgan fingerprint density at radius 3 is 3.00 bits per heavy atom. The summed E-state index contributed by atoms with van der Waals surface area (Å²) in [5, 5.41) is 0.324. The lowest BCUT2D eigenvalue weighted by Crippen LogP contribution is -2.08. The van der Waals surface area contributed by atoms with E-state index >= 15 is 0 Å². The van der Waals surface area contributed by atoms with Crippen molar-refractivity contribution in [1.82, 2.24) is 15.0 Å². The van der Waals surface area contributed by atoms with E-state index in [1.54, 1.807) is 0 Å². The van der Waals surface area contributed by atoms with E-state index in [-0.39, 0.29) is 0 Å². The average Bonchev–Trinajstić information content (AvgIpc) is 2.16. The quantitative estimate of drug-likeness (QED) is 0.736. The molecule has 0 unspecified atom stereocenters. The normalized spacial score (nSPS) is 11.1. The molecule has 0 N–H and O–H groups in total. The van der Waals surface area contributed by atoms with E-state index in [0.29, 0.717) is 29.3 Å². The number of hydrogen-bond acceptors (Lipinski definition) is 5. The Morgan fingerprint density at radius 2 is 2.27 bits per heavy atom. The van der Waals surface area contributed by atoms with Gasteiger partial charge in [0.1, 0.15) is 11.7 Å². The minimum Gasteiger partial charge on any atom is -0.408 e. The Balaban J connectivity index is 2.57. The molecule has 5 heteroatoms. The fourth-order valence-electron chi connectivity index (χ4n) is 1.30. The summed E-state index contributed by atoms with van der Waals surface area (Å²) in [6, 6.07) is 0. The molecule has 2 aromatic heterocycles. The molecule has 0 radical (unpaired) electrons. The molecule has 0 saturated carbocycles. The molecule has 2 rings (SSSR count). The number of fused-ring (bicyclic) bond motifs is 1. The van der Waals surface area contributed by atoms with Crippen LogP contribution in [-0.2, 0) is 6.42 Å². The number of aromatic nitrogens is 3. The van der Waals surface area contributed by atoms with Crippen molar-refractivity contribution in [3.63, 3.8) is 0 Å². The smallest absolute Gasteiger partial charge is 0.350 e. The SMILES string of the molecule is CC(C)Cc1nc2ncncc2c(=O)o1. The van der Waals surface area contributed by atoms with Gasteiger partial charge in [-0.3, -0.25) is 0 Å². The molecule has 0 amide bonds. The van der Waals surface area contributed by atoms with Crippen LogP contribution in [0.15, 0.2) is 21.7 Å². The van der Waals surface area contributed by atoms with Crippen molar-refractivity contribution in [2.45, 2.75) is 20.3 Å². The van der Waals surface area contributed by atoms with Crippen LogP contribution >= 0.6 is 0 Å². The molecule has 0 atom stereocenters. The van der Waals surface area contributed by atoms with Crippen LogP contribution in [-0.4, -0.2) is 15.0 Å². The molecule has 15 heavy (non-hydrogen) atoms. The van der Waals surface area contributed by atoms with Crippen LogP contribution in [0, 0.1) is 5.92 Å². The highest BCUT2D eigenvalue weighted by atomic mass is 16.4. The van der Waals surface area contributed by atoms with E-state index in [9.17, 15) is 4.79 Å². The van der Waals surface area contributed by atoms with Gasteiger partial charge >= 0.3 is 5.63 Å². The molecule has 0 aromatic carbocycles. The summed E-state index contributed by atoms with van der Waals surface area (Å²) in [7, 11) is 0. The Kier molecular flexibility index (Phi) is 2.45. The first-order valence-corrected chi connectivity index (χ1v) is 4.76. The maximum atomic E-state index is 11.5. The Bertz CT molecular complexity index is 533. The summed E-state index contributed by atoms with van der Waals surface area (Å²) >= 11 is 0. The average molecular weight is 205 g/mol. The zero-order chi connectivity index (χ0) is 10.8. The van der Waals surface area contributed by atoms with E-state index in [0.717, 1.165) is 0 Å². The molecule has 0 saturated heterocycles. The first kappa shape index (κ1) is 9.76. The van der Waals surface area contributed by atoms with Crippen molar-refractivity contribution in [3.8, 4) is 0 Å². The van der Waals surface area contributed by atoms with E-state index < -0.39 is 5.63 Å². The van der Waals surface area contributed by atoms with Crippen molar-refractivity contribution >= 4 is 11.0 Å². The van der Waals surface area contributed by atoms with Gasteiger partial charge in [-0.2, -0.15) is 4.98 Å². The number of hydrogen-bond donors (Lipinski definition) is 0. The summed E-state index contributed by atoms with van der Waals surface area (Å²) in [6.45, 7) is 4.07. The van der Waals surface area contributed by atoms with E-state index in [1.807, 2.05) is 13.8 Å². The number of nitrogens with zero attached hydrogens (tertiary/aromatic N) is 3. The van der Waals surface area contributed by atoms with Gasteiger partial charge in [0, 0.05) is 12.6 Å². The summed E-state index contributed by atoms with van der Waals surface area (Å²) in [5.74, 6) is 0.820. The highest BCUT2D eigenvalue weighted by Gasteiger charge is 2.08. The molecular weight excluding hydrogens is 194 g/mol. The van der Waals surface area contributed by atoms with Gasteiger partial charge in [0.2, 0.25) is 5.89 Å². The van der Waals surface area contributed by atoms with Crippen molar-refractivity contribution in [1.29, 1.82) is 0 Å². The minimum absolute atomic E-state index is 0.324. The summed E-state index contributed by atoms with van der Waals surface area (Å²) in [6.07, 6.45) is 3.42. The number of rotatable bonds is 2. The Morgan fingerprint density at radius 1 is 1.47 bits per heavy atom. The largest absolute Gasteiger partial charge is 0.408 e. The van der Waals surface area contributed by atoms with Crippen LogP contribution in [0.5, 0.6) is 0 Å². The maximum Gasteiger partial charge on any atom is 0.350 e. The van der Waals surface area contributed by atoms with Gasteiger partial charge in [-0.25, -0.2) is 14.8 Å². The predicted molar refractivity (Wildman–Crippen MR) is 54.4 cm³/mol. The zero-order valence-electron chi connectivity index (χ0n) is 8.60. The third kappa shape index (κ3) is 2.01. The lowest BCUT2D eigenvalue weighted by molar-refractivity contribution is 0.416. The van der Waals surface area contributed by atoms with Crippen LogP contribution in [0.1, 0.15) is 19.7 Å². The molecule has 5 nitrogen and oxygen atoms in total. The van der Waals surface area contributed by atoms with Crippen LogP contribution in [0.4, 0.5) is 0 Å². The predicted octanol–water partition coefficient (Wildman–Crippen LogP) is 1.18. The fourth-order valence-corrected chi connectivity index (χ4v) is 1.30. The highest BCUT2D eigenvalue weighted by Crippen LogP contribution is 2.07. The van der Waals surface area contributed by atoms with Crippen LogP contribution < -0.4 is 5.63 Å². The second-order valence-corrected chi connectivity index (χ2v) is 3.75. The van der Waals surface area contributed by atoms with Gasteiger partial charge in [0.15, 0.2) is 5.65 Å². The standard InChI is InChI=1S/C10H11N3O2/c1-6(2)3-8-13-9-7(10(14)15-8)4-11-5-12-9/h4-6H,3H2,1-2H3. The van der Waals surface area contributed by atoms with Gasteiger partial charge in [-0.15, -0.1) is 0 Å². The first-order valence-electron chi connectivity index (χ1n) is 4.76. The van der Waals surface area contributed by atoms with E-state index in [4.69, 9.17) is 4.42 Å². The van der Waals surface area contributed by atoms with Crippen molar-refractivity contribution in [3.05, 3.63) is 28.8 Å². The van der Waals surface area contributed by atoms with Crippen LogP contribution in [0.2, 0.25) is 0 Å². The molecule has 0 bridgehead atoms. The molecule has 78 valence electrons. The molecule has 0 aliphatic rings. The summed E-state index contributed by atoms with van der Waals surface area (Å²) < 4.78 is 5.05. The molecule has 0 fully saturated rings. The van der Waals surface area contributed by atoms with Gasteiger partial charge in [0.25, 0.3) is 0 Å². The van der Waals surface area contributed by atoms with Crippen LogP contribution in [0.3, 0.4) is 0 Å². The Labute approximate surface area is 86.2 Å². The topological polar surface area (TPSA) is 68.9 Å². The van der Waals surface area contributed by atoms with Gasteiger partial charge in [-0.1, -0.05) is 13.8 Å². The van der Waals surface area contributed by atoms with E-state index in [2.05, 4.69) is 15.0 Å². The third-order valence-electron chi connectivity index (χ3n) is 1.94. The monoisotopic (exact) mass is 205 g/mol. The van der Waals surface area contributed by atoms with Crippen molar-refractivity contribution in [2.24, 2.45) is 5.92 Å². The first-order chi connectivity index (χ1) is 7.16. The Hall–Kier alpha value is -1.78. The highest BCUT2D eigenvalue weighted by molar-refractivity contribution is 5.70. The van der Waals surface area contributed by atoms with Gasteiger partial charge in [-0.05, 0) is 5.92 Å². The molecule has 2 heterocycles. The molecule has 2 aromatic rings. The van der Waals surface area contributed by atoms with Crippen molar-refractivity contribution < 1.29 is 4.42 Å². The minimum atomic E-state index is -0.420. The van der Waals surface area contributed by atoms with Crippen LogP contribution in [0.25, 0.3) is 11.0 Å². The summed E-state index contributed by atoms with van der Waals surface area (Å²) in [4.78, 5) is 23.3. The third-order valence-corrected chi connectivity index (χ3v) is 1.94. The molecular formula is C10H11N3O2. The lowest BCUT2D eigenvalue weighted by Gasteiger charge is -2.02. The van der Waals surface area contributed by atoms with Crippen molar-refractivity contribution in [2.75, 3.05) is 0 Å². The van der Waals surface area contributed by atoms with E-state index in [1.165, 1.54) is 12.5 Å². The lowest BCUT2D eigenvalue weighted by atomic mass is 10.1. The molecule has 0 spiro atoms. The summed E-state index contributed by atoms with van der Waals surface area (Å²) in [5.41, 5.74) is -0.0202. The van der Waals surface area contributed by atoms with Gasteiger partial charge in [0.05, 0.1) is 0 Å².